The van der Waals surface area contributed by atoms with Crippen LogP contribution in [0.25, 0.3) is 5.53 Å². The number of rotatable bonds is 6. The Morgan fingerprint density at radius 1 is 0.842 bits per heavy atom. The van der Waals surface area contributed by atoms with Crippen LogP contribution < -0.4 is 14.5 Å². The molecule has 1 aliphatic carbocycles. The lowest BCUT2D eigenvalue weighted by molar-refractivity contribution is -0.119. The number of fused-ring (bicyclic) bond motifs is 6. The molecule has 9 heteroatoms. The van der Waals surface area contributed by atoms with E-state index in [2.05, 4.69) is 9.69 Å². The maximum Gasteiger partial charge on any atom is 0.405 e. The average Bonchev–Trinajstić information content (AvgIpc) is 3.15. The van der Waals surface area contributed by atoms with Crippen LogP contribution in [0.15, 0.2) is 60.7 Å². The Labute approximate surface area is 218 Å². The molecule has 0 radical (unpaired) electrons. The van der Waals surface area contributed by atoms with Crippen molar-refractivity contribution in [1.82, 2.24) is 0 Å². The number of carbonyl (C=O) groups is 1. The largest absolute Gasteiger partial charge is 0.457 e. The quantitative estimate of drug-likeness (QED) is 0.286. The minimum absolute atomic E-state index is 0.0736. The molecule has 0 fully saturated rings. The fraction of sp³-hybridized carbons (Fsp3) is 0.310. The number of halogens is 3. The Hall–Kier alpha value is -4.10. The van der Waals surface area contributed by atoms with Crippen LogP contribution in [0.4, 0.5) is 24.5 Å². The Kier molecular flexibility index (Phi) is 6.27. The van der Waals surface area contributed by atoms with Gasteiger partial charge in [0.1, 0.15) is 18.0 Å². The molecule has 196 valence electrons. The van der Waals surface area contributed by atoms with E-state index in [9.17, 15) is 23.5 Å². The fourth-order valence-corrected chi connectivity index (χ4v) is 5.76. The van der Waals surface area contributed by atoms with Gasteiger partial charge in [0, 0.05) is 59.8 Å². The van der Waals surface area contributed by atoms with Crippen molar-refractivity contribution in [2.75, 3.05) is 36.0 Å². The maximum atomic E-state index is 13.5. The van der Waals surface area contributed by atoms with Gasteiger partial charge in [0.2, 0.25) is 0 Å². The van der Waals surface area contributed by atoms with E-state index in [0.29, 0.717) is 39.4 Å². The molecule has 1 atom stereocenters. The molecular formula is C29H27F3N4O2. The molecule has 0 aromatic heterocycles. The summed E-state index contributed by atoms with van der Waals surface area (Å²) in [5.41, 5.74) is 12.3. The van der Waals surface area contributed by atoms with E-state index in [4.69, 9.17) is 4.74 Å². The van der Waals surface area contributed by atoms with Crippen molar-refractivity contribution in [3.63, 3.8) is 0 Å². The summed E-state index contributed by atoms with van der Waals surface area (Å²) in [6, 6.07) is 17.6. The fourth-order valence-electron chi connectivity index (χ4n) is 5.76. The van der Waals surface area contributed by atoms with Crippen molar-refractivity contribution >= 4 is 22.9 Å². The summed E-state index contributed by atoms with van der Waals surface area (Å²) in [7, 11) is 0. The molecule has 6 nitrogen and oxygen atoms in total. The van der Waals surface area contributed by atoms with Crippen LogP contribution in [0.1, 0.15) is 47.8 Å². The highest BCUT2D eigenvalue weighted by atomic mass is 19.4. The van der Waals surface area contributed by atoms with E-state index in [1.165, 1.54) is 4.90 Å². The van der Waals surface area contributed by atoms with E-state index in [1.54, 1.807) is 37.3 Å². The van der Waals surface area contributed by atoms with Gasteiger partial charge in [-0.25, -0.2) is 0 Å². The highest BCUT2D eigenvalue weighted by Gasteiger charge is 2.61. The van der Waals surface area contributed by atoms with Gasteiger partial charge in [-0.1, -0.05) is 36.4 Å². The van der Waals surface area contributed by atoms with E-state index in [-0.39, 0.29) is 12.3 Å². The van der Waals surface area contributed by atoms with Gasteiger partial charge in [0.25, 0.3) is 5.78 Å². The van der Waals surface area contributed by atoms with Crippen molar-refractivity contribution in [2.24, 2.45) is 0 Å². The predicted octanol–water partition coefficient (Wildman–Crippen LogP) is 6.23. The summed E-state index contributed by atoms with van der Waals surface area (Å²) in [6.07, 6.45) is -4.38. The molecule has 0 bridgehead atoms. The van der Waals surface area contributed by atoms with E-state index < -0.39 is 23.9 Å². The first-order valence-corrected chi connectivity index (χ1v) is 12.6. The lowest BCUT2D eigenvalue weighted by Gasteiger charge is -2.36. The van der Waals surface area contributed by atoms with Crippen molar-refractivity contribution in [2.45, 2.75) is 32.4 Å². The highest BCUT2D eigenvalue weighted by Crippen LogP contribution is 2.57. The maximum absolute atomic E-state index is 13.5. The van der Waals surface area contributed by atoms with Crippen molar-refractivity contribution in [1.29, 1.82) is 0 Å². The van der Waals surface area contributed by atoms with Crippen LogP contribution in [0.3, 0.4) is 0 Å². The number of hydrogen-bond acceptors (Lipinski definition) is 4. The number of carbonyl (C=O) groups excluding carboxylic acids is 1. The minimum atomic E-state index is -4.38. The summed E-state index contributed by atoms with van der Waals surface area (Å²) >= 11 is 0. The number of hydrogen-bond donors (Lipinski definition) is 0. The molecule has 1 aliphatic heterocycles. The normalized spacial score (nSPS) is 17.4. The first kappa shape index (κ1) is 25.5. The van der Waals surface area contributed by atoms with Crippen LogP contribution in [0.2, 0.25) is 0 Å². The van der Waals surface area contributed by atoms with Gasteiger partial charge in [-0.15, -0.1) is 0 Å². The van der Waals surface area contributed by atoms with Crippen LogP contribution >= 0.6 is 0 Å². The molecule has 1 spiro atoms. The molecule has 5 rings (SSSR count). The first-order valence-electron chi connectivity index (χ1n) is 12.6. The van der Waals surface area contributed by atoms with Crippen LogP contribution in [0.5, 0.6) is 11.5 Å². The van der Waals surface area contributed by atoms with Crippen LogP contribution in [-0.4, -0.2) is 48.6 Å². The molecule has 0 N–H and O–H groups in total. The third kappa shape index (κ3) is 3.77. The second kappa shape index (κ2) is 9.33. The van der Waals surface area contributed by atoms with Crippen molar-refractivity contribution in [3.05, 3.63) is 88.4 Å². The number of ketones is 1. The lowest BCUT2D eigenvalue weighted by atomic mass is 9.67. The molecule has 2 aliphatic rings. The van der Waals surface area contributed by atoms with Gasteiger partial charge >= 0.3 is 11.9 Å². The number of benzene rings is 3. The summed E-state index contributed by atoms with van der Waals surface area (Å²) in [6.45, 7) is 6.27. The van der Waals surface area contributed by atoms with Crippen molar-refractivity contribution < 1.29 is 27.5 Å². The van der Waals surface area contributed by atoms with E-state index >= 15 is 0 Å². The van der Waals surface area contributed by atoms with Crippen LogP contribution in [0, 0.1) is 0 Å². The van der Waals surface area contributed by atoms with Gasteiger partial charge in [-0.3, -0.25) is 4.79 Å². The molecule has 0 saturated carbocycles. The zero-order valence-electron chi connectivity index (χ0n) is 21.3. The Morgan fingerprint density at radius 3 is 1.92 bits per heavy atom. The number of Topliss-reactive ketones (excluding diaryl/α,β-unsaturated/α-hetero) is 1. The second-order valence-electron chi connectivity index (χ2n) is 9.34. The lowest BCUT2D eigenvalue weighted by Crippen LogP contribution is -2.40. The summed E-state index contributed by atoms with van der Waals surface area (Å²) < 4.78 is 46.2. The molecule has 0 amide bonds. The zero-order chi connectivity index (χ0) is 27.2. The number of alkyl halides is 3. The topological polar surface area (TPSA) is 69.2 Å². The van der Waals surface area contributed by atoms with E-state index in [1.807, 2.05) is 44.2 Å². The smallest absolute Gasteiger partial charge is 0.405 e. The van der Waals surface area contributed by atoms with Crippen LogP contribution in [-0.2, 0) is 5.41 Å². The Bertz CT molecular complexity index is 1470. The molecule has 38 heavy (non-hydrogen) atoms. The monoisotopic (exact) mass is 520 g/mol. The zero-order valence-corrected chi connectivity index (χ0v) is 21.3. The number of nitrogens with zero attached hydrogens (tertiary/aromatic N) is 4. The van der Waals surface area contributed by atoms with Gasteiger partial charge < -0.3 is 20.1 Å². The average molecular weight is 521 g/mol. The van der Waals surface area contributed by atoms with Gasteiger partial charge in [-0.05, 0) is 38.5 Å². The third-order valence-corrected chi connectivity index (χ3v) is 7.45. The first-order chi connectivity index (χ1) is 18.2. The molecule has 1 unspecified atom stereocenters. The third-order valence-electron chi connectivity index (χ3n) is 7.45. The van der Waals surface area contributed by atoms with Gasteiger partial charge in [0.05, 0.1) is 0 Å². The highest BCUT2D eigenvalue weighted by molar-refractivity contribution is 6.52. The molecular weight excluding hydrogens is 493 g/mol. The molecule has 3 aromatic carbocycles. The van der Waals surface area contributed by atoms with Crippen molar-refractivity contribution in [3.8, 4) is 11.5 Å². The Morgan fingerprint density at radius 2 is 1.39 bits per heavy atom. The molecule has 0 saturated heterocycles. The summed E-state index contributed by atoms with van der Waals surface area (Å²) in [5.74, 6) is 0.340. The predicted molar refractivity (Wildman–Crippen MR) is 140 cm³/mol. The number of anilines is 2. The Balaban J connectivity index is 1.80. The van der Waals surface area contributed by atoms with Gasteiger partial charge in [-0.2, -0.15) is 18.0 Å². The SMILES string of the molecule is CCN(CC)c1ccc2c(c1)Oc1cc(N(CC)CC(F)(F)F)ccc1C21C(=[N+]=[N-])C(=O)c2ccccc21. The standard InChI is InChI=1S/C29H27F3N4O2/c1-4-35(5-2)18-11-13-22-24(15-18)38-25-16-19(36(6-3)17-28(30,31)32)12-14-23(25)29(22)21-10-8-7-9-20(21)26(37)27(29)34-33/h7-16H,4-6,17H2,1-3H3. The van der Waals surface area contributed by atoms with Gasteiger partial charge in [0.15, 0.2) is 5.41 Å². The minimum Gasteiger partial charge on any atom is -0.457 e. The second-order valence-corrected chi connectivity index (χ2v) is 9.34. The summed E-state index contributed by atoms with van der Waals surface area (Å²) in [5, 5.41) is 0. The van der Waals surface area contributed by atoms with E-state index in [0.717, 1.165) is 18.8 Å². The number of ether oxygens (including phenoxy) is 1. The molecule has 3 aromatic rings. The summed E-state index contributed by atoms with van der Waals surface area (Å²) in [4.78, 5) is 20.4. The molecule has 1 heterocycles.